The van der Waals surface area contributed by atoms with Gasteiger partial charge in [-0.1, -0.05) is 11.8 Å². The SMILES string of the molecule is COP([O-])(=S)O[C@@H]1C[C@H](n2cc(C)c(N)nc2=O)O[C@@H]1COP(=O)(O)O. The molecule has 4 N–H and O–H groups in total. The first-order valence-electron chi connectivity index (χ1n) is 7.18. The lowest BCUT2D eigenvalue weighted by atomic mass is 10.2. The molecule has 0 radical (unpaired) electrons. The van der Waals surface area contributed by atoms with E-state index in [-0.39, 0.29) is 12.2 Å². The number of aryl methyl sites for hydroxylation is 1. The molecule has 2 heterocycles. The lowest BCUT2D eigenvalue weighted by molar-refractivity contribution is -0.210. The van der Waals surface area contributed by atoms with Gasteiger partial charge in [-0.15, -0.1) is 0 Å². The van der Waals surface area contributed by atoms with Crippen LogP contribution in [0.25, 0.3) is 0 Å². The van der Waals surface area contributed by atoms with E-state index in [1.54, 1.807) is 6.92 Å². The molecule has 1 aliphatic rings. The summed E-state index contributed by atoms with van der Waals surface area (Å²) in [6, 6.07) is 0. The molecule has 26 heavy (non-hydrogen) atoms. The molecular weight excluding hydrogens is 412 g/mol. The Morgan fingerprint density at radius 2 is 2.23 bits per heavy atom. The highest BCUT2D eigenvalue weighted by Gasteiger charge is 2.40. The number of rotatable bonds is 7. The minimum absolute atomic E-state index is 0.00980. The molecule has 2 rings (SSSR count). The Labute approximate surface area is 153 Å². The summed E-state index contributed by atoms with van der Waals surface area (Å²) in [5.41, 5.74) is 5.40. The average Bonchev–Trinajstić information content (AvgIpc) is 2.90. The van der Waals surface area contributed by atoms with Crippen LogP contribution in [-0.2, 0) is 34.7 Å². The summed E-state index contributed by atoms with van der Waals surface area (Å²) in [7, 11) is -3.68. The van der Waals surface area contributed by atoms with E-state index in [2.05, 4.69) is 25.8 Å². The molecule has 0 bridgehead atoms. The molecule has 12 nitrogen and oxygen atoms in total. The second-order valence-electron chi connectivity index (χ2n) is 5.42. The minimum atomic E-state index is -4.78. The Bertz CT molecular complexity index is 813. The van der Waals surface area contributed by atoms with Crippen molar-refractivity contribution < 1.29 is 37.6 Å². The molecule has 0 spiro atoms. The number of aromatic nitrogens is 2. The van der Waals surface area contributed by atoms with Gasteiger partial charge in [0.15, 0.2) is 0 Å². The molecule has 0 aliphatic carbocycles. The van der Waals surface area contributed by atoms with Crippen LogP contribution in [0.4, 0.5) is 5.82 Å². The molecule has 4 atom stereocenters. The second kappa shape index (κ2) is 8.11. The highest BCUT2D eigenvalue weighted by atomic mass is 32.5. The molecular formula is C11H18N3O9P2S-. The first-order valence-corrected chi connectivity index (χ1v) is 11.3. The number of phosphoric ester groups is 1. The van der Waals surface area contributed by atoms with Crippen LogP contribution >= 0.6 is 14.5 Å². The zero-order valence-corrected chi connectivity index (χ0v) is 16.4. The monoisotopic (exact) mass is 430 g/mol. The van der Waals surface area contributed by atoms with Crippen molar-refractivity contribution in [3.63, 3.8) is 0 Å². The van der Waals surface area contributed by atoms with Crippen LogP contribution in [0, 0.1) is 6.92 Å². The third kappa shape index (κ3) is 5.64. The van der Waals surface area contributed by atoms with Crippen molar-refractivity contribution in [2.75, 3.05) is 19.5 Å². The normalized spacial score (nSPS) is 26.0. The van der Waals surface area contributed by atoms with Gasteiger partial charge in [-0.25, -0.2) is 9.36 Å². The Hall–Kier alpha value is -0.720. The van der Waals surface area contributed by atoms with Gasteiger partial charge in [-0.2, -0.15) is 4.98 Å². The number of hydrogen-bond acceptors (Lipinski definition) is 10. The maximum absolute atomic E-state index is 12.0. The van der Waals surface area contributed by atoms with Gasteiger partial charge in [-0.05, 0) is 6.92 Å². The summed E-state index contributed by atoms with van der Waals surface area (Å²) in [5.74, 6) is 0.0628. The van der Waals surface area contributed by atoms with Crippen molar-refractivity contribution in [1.29, 1.82) is 0 Å². The predicted octanol–water partition coefficient (Wildman–Crippen LogP) is -0.853. The third-order valence-electron chi connectivity index (χ3n) is 3.56. The summed E-state index contributed by atoms with van der Waals surface area (Å²) in [4.78, 5) is 45.3. The van der Waals surface area contributed by atoms with Gasteiger partial charge in [0.05, 0.1) is 12.7 Å². The smallest absolute Gasteiger partial charge is 0.469 e. The van der Waals surface area contributed by atoms with Crippen molar-refractivity contribution in [1.82, 2.24) is 9.55 Å². The van der Waals surface area contributed by atoms with Crippen LogP contribution in [0.3, 0.4) is 0 Å². The van der Waals surface area contributed by atoms with E-state index in [0.29, 0.717) is 5.56 Å². The first kappa shape index (κ1) is 21.6. The van der Waals surface area contributed by atoms with Crippen molar-refractivity contribution in [2.45, 2.75) is 31.8 Å². The predicted molar refractivity (Wildman–Crippen MR) is 90.3 cm³/mol. The maximum atomic E-state index is 12.0. The van der Waals surface area contributed by atoms with Crippen molar-refractivity contribution in [2.24, 2.45) is 0 Å². The summed E-state index contributed by atoms with van der Waals surface area (Å²) in [6.07, 6.45) is -1.58. The highest BCUT2D eigenvalue weighted by Crippen LogP contribution is 2.45. The zero-order valence-electron chi connectivity index (χ0n) is 13.8. The van der Waals surface area contributed by atoms with E-state index in [1.807, 2.05) is 0 Å². The van der Waals surface area contributed by atoms with Crippen LogP contribution in [0.15, 0.2) is 11.0 Å². The second-order valence-corrected chi connectivity index (χ2v) is 9.48. The van der Waals surface area contributed by atoms with Crippen molar-refractivity contribution in [3.8, 4) is 0 Å². The number of hydrogen-bond donors (Lipinski definition) is 3. The molecule has 148 valence electrons. The fourth-order valence-electron chi connectivity index (χ4n) is 2.30. The molecule has 0 amide bonds. The molecule has 1 fully saturated rings. The van der Waals surface area contributed by atoms with Gasteiger partial charge >= 0.3 is 13.5 Å². The van der Waals surface area contributed by atoms with Gasteiger partial charge < -0.3 is 34.2 Å². The van der Waals surface area contributed by atoms with Crippen LogP contribution in [0.5, 0.6) is 0 Å². The van der Waals surface area contributed by atoms with E-state index in [9.17, 15) is 14.3 Å². The number of nitrogen functional groups attached to an aromatic ring is 1. The van der Waals surface area contributed by atoms with Gasteiger partial charge in [0.25, 0.3) is 0 Å². The fraction of sp³-hybridized carbons (Fsp3) is 0.636. The number of nitrogens with two attached hydrogens (primary N) is 1. The Kier molecular flexibility index (Phi) is 6.73. The van der Waals surface area contributed by atoms with Gasteiger partial charge in [0.2, 0.25) is 0 Å². The maximum Gasteiger partial charge on any atom is 0.469 e. The molecule has 0 aromatic carbocycles. The van der Waals surface area contributed by atoms with Gasteiger partial charge in [0.1, 0.15) is 24.9 Å². The number of ether oxygens (including phenoxy) is 1. The summed E-state index contributed by atoms with van der Waals surface area (Å²) < 4.78 is 31.9. The number of nitrogens with zero attached hydrogens (tertiary/aromatic N) is 2. The standard InChI is InChI=1S/C11H19N3O9P2S/c1-6-4-14(11(15)13-10(6)12)9-3-7(23-25(19,26)20-2)8(22-9)5-21-24(16,17)18/h4,7-9H,3,5H2,1-2H3,(H,19,26)(H2,12,13,15)(H2,16,17,18)/p-1/t7-,8-,9-,25?/m1/s1. The molecule has 0 saturated carbocycles. The fourth-order valence-corrected chi connectivity index (χ4v) is 3.61. The van der Waals surface area contributed by atoms with E-state index < -0.39 is 45.3 Å². The molecule has 1 unspecified atom stereocenters. The number of phosphoric acid groups is 1. The van der Waals surface area contributed by atoms with Gasteiger partial charge in [-0.3, -0.25) is 9.09 Å². The Morgan fingerprint density at radius 1 is 1.58 bits per heavy atom. The molecule has 1 saturated heterocycles. The lowest BCUT2D eigenvalue weighted by Crippen LogP contribution is -2.30. The Balaban J connectivity index is 2.26. The number of anilines is 1. The highest BCUT2D eigenvalue weighted by molar-refractivity contribution is 8.06. The molecule has 1 aromatic rings. The third-order valence-corrected chi connectivity index (χ3v) is 5.73. The largest absolute Gasteiger partial charge is 0.780 e. The van der Waals surface area contributed by atoms with Crippen LogP contribution < -0.4 is 16.3 Å². The van der Waals surface area contributed by atoms with Gasteiger partial charge in [0, 0.05) is 25.3 Å². The molecule has 1 aromatic heterocycles. The first-order chi connectivity index (χ1) is 11.9. The van der Waals surface area contributed by atoms with Crippen LogP contribution in [0.2, 0.25) is 0 Å². The van der Waals surface area contributed by atoms with Crippen LogP contribution in [-0.4, -0.2) is 45.3 Å². The summed E-state index contributed by atoms with van der Waals surface area (Å²) in [5, 5.41) is 0. The molecule has 15 heteroatoms. The van der Waals surface area contributed by atoms with Crippen molar-refractivity contribution in [3.05, 3.63) is 22.2 Å². The Morgan fingerprint density at radius 3 is 2.81 bits per heavy atom. The lowest BCUT2D eigenvalue weighted by Gasteiger charge is -2.30. The van der Waals surface area contributed by atoms with E-state index in [1.165, 1.54) is 6.20 Å². The minimum Gasteiger partial charge on any atom is -0.780 e. The van der Waals surface area contributed by atoms with Crippen molar-refractivity contribution >= 4 is 32.2 Å². The zero-order chi connectivity index (χ0) is 19.7. The van der Waals surface area contributed by atoms with E-state index >= 15 is 0 Å². The van der Waals surface area contributed by atoms with E-state index in [0.717, 1.165) is 11.7 Å². The summed E-state index contributed by atoms with van der Waals surface area (Å²) >= 11 is 4.67. The van der Waals surface area contributed by atoms with E-state index in [4.69, 9.17) is 24.8 Å². The quantitative estimate of drug-likeness (QED) is 0.457. The van der Waals surface area contributed by atoms with Crippen LogP contribution in [0.1, 0.15) is 18.2 Å². The average molecular weight is 430 g/mol. The summed E-state index contributed by atoms with van der Waals surface area (Å²) in [6.45, 7) is -2.79. The molecule has 1 aliphatic heterocycles. The topological polar surface area (TPSA) is 178 Å².